The van der Waals surface area contributed by atoms with Gasteiger partial charge in [0.05, 0.1) is 18.3 Å². The van der Waals surface area contributed by atoms with E-state index in [0.29, 0.717) is 11.9 Å². The highest BCUT2D eigenvalue weighted by Crippen LogP contribution is 2.13. The zero-order valence-electron chi connectivity index (χ0n) is 12.6. The molecule has 122 valence electrons. The fourth-order valence-electron chi connectivity index (χ4n) is 1.94. The standard InChI is InChI=1S/C15H16F2N4O2/c1-9(2)21-13(5-6-19-21)20-14(22)8-18-15(23)11-4-3-10(16)7-12(11)17/h3-7,9H,8H2,1-2H3,(H,18,23)(H,20,22). The van der Waals surface area contributed by atoms with E-state index in [-0.39, 0.29) is 18.2 Å². The van der Waals surface area contributed by atoms with Gasteiger partial charge in [-0.3, -0.25) is 9.59 Å². The number of nitrogens with zero attached hydrogens (tertiary/aromatic N) is 2. The molecule has 2 rings (SSSR count). The summed E-state index contributed by atoms with van der Waals surface area (Å²) >= 11 is 0. The normalized spacial score (nSPS) is 10.7. The summed E-state index contributed by atoms with van der Waals surface area (Å²) in [5.41, 5.74) is -0.327. The summed E-state index contributed by atoms with van der Waals surface area (Å²) in [6.07, 6.45) is 1.54. The van der Waals surface area contributed by atoms with Gasteiger partial charge < -0.3 is 10.6 Å². The van der Waals surface area contributed by atoms with Crippen molar-refractivity contribution in [3.05, 3.63) is 47.7 Å². The maximum atomic E-state index is 13.5. The van der Waals surface area contributed by atoms with Crippen LogP contribution in [0.4, 0.5) is 14.6 Å². The quantitative estimate of drug-likeness (QED) is 0.885. The van der Waals surface area contributed by atoms with Crippen LogP contribution in [0.25, 0.3) is 0 Å². The number of amides is 2. The SMILES string of the molecule is CC(C)n1nccc1NC(=O)CNC(=O)c1ccc(F)cc1F. The molecule has 0 aliphatic carbocycles. The van der Waals surface area contributed by atoms with E-state index >= 15 is 0 Å². The lowest BCUT2D eigenvalue weighted by Crippen LogP contribution is -2.33. The first-order chi connectivity index (χ1) is 10.9. The van der Waals surface area contributed by atoms with E-state index < -0.39 is 23.4 Å². The van der Waals surface area contributed by atoms with Crippen molar-refractivity contribution in [3.63, 3.8) is 0 Å². The van der Waals surface area contributed by atoms with Crippen molar-refractivity contribution in [2.75, 3.05) is 11.9 Å². The minimum Gasteiger partial charge on any atom is -0.343 e. The van der Waals surface area contributed by atoms with Crippen LogP contribution in [0, 0.1) is 11.6 Å². The van der Waals surface area contributed by atoms with E-state index in [2.05, 4.69) is 15.7 Å². The van der Waals surface area contributed by atoms with Crippen molar-refractivity contribution in [2.45, 2.75) is 19.9 Å². The first-order valence-electron chi connectivity index (χ1n) is 6.95. The number of carbonyl (C=O) groups is 2. The largest absolute Gasteiger partial charge is 0.343 e. The zero-order valence-corrected chi connectivity index (χ0v) is 12.6. The van der Waals surface area contributed by atoms with Gasteiger partial charge in [0.2, 0.25) is 5.91 Å². The third kappa shape index (κ3) is 4.12. The zero-order chi connectivity index (χ0) is 17.0. The molecule has 1 heterocycles. The molecule has 2 aromatic rings. The Bertz CT molecular complexity index is 728. The number of hydrogen-bond acceptors (Lipinski definition) is 3. The molecule has 23 heavy (non-hydrogen) atoms. The molecule has 0 saturated carbocycles. The van der Waals surface area contributed by atoms with Gasteiger partial charge in [-0.05, 0) is 26.0 Å². The van der Waals surface area contributed by atoms with Crippen LogP contribution < -0.4 is 10.6 Å². The Kier molecular flexibility index (Phi) is 5.05. The van der Waals surface area contributed by atoms with Crippen LogP contribution in [0.15, 0.2) is 30.5 Å². The minimum absolute atomic E-state index is 0.0585. The van der Waals surface area contributed by atoms with E-state index in [1.807, 2.05) is 13.8 Å². The summed E-state index contributed by atoms with van der Waals surface area (Å²) in [6, 6.07) is 4.28. The molecule has 0 bridgehead atoms. The number of carbonyl (C=O) groups excluding carboxylic acids is 2. The third-order valence-corrected chi connectivity index (χ3v) is 3.01. The van der Waals surface area contributed by atoms with Gasteiger partial charge in [0, 0.05) is 18.2 Å². The molecule has 2 amide bonds. The number of aromatic nitrogens is 2. The van der Waals surface area contributed by atoms with Crippen molar-refractivity contribution in [2.24, 2.45) is 0 Å². The number of hydrogen-bond donors (Lipinski definition) is 2. The molecule has 1 aromatic carbocycles. The Hall–Kier alpha value is -2.77. The van der Waals surface area contributed by atoms with Gasteiger partial charge in [-0.25, -0.2) is 13.5 Å². The van der Waals surface area contributed by atoms with E-state index in [1.54, 1.807) is 16.9 Å². The molecule has 0 aliphatic heterocycles. The van der Waals surface area contributed by atoms with E-state index in [9.17, 15) is 18.4 Å². The molecule has 0 spiro atoms. The number of rotatable bonds is 5. The molecule has 8 heteroatoms. The maximum absolute atomic E-state index is 13.5. The van der Waals surface area contributed by atoms with Gasteiger partial charge in [-0.1, -0.05) is 0 Å². The highest BCUT2D eigenvalue weighted by atomic mass is 19.1. The topological polar surface area (TPSA) is 76.0 Å². The lowest BCUT2D eigenvalue weighted by atomic mass is 10.2. The molecule has 0 unspecified atom stereocenters. The summed E-state index contributed by atoms with van der Waals surface area (Å²) in [4.78, 5) is 23.6. The Balaban J connectivity index is 1.93. The monoisotopic (exact) mass is 322 g/mol. The van der Waals surface area contributed by atoms with Crippen LogP contribution in [-0.2, 0) is 4.79 Å². The second-order valence-corrected chi connectivity index (χ2v) is 5.11. The Labute approximate surface area is 131 Å². The summed E-state index contributed by atoms with van der Waals surface area (Å²) in [7, 11) is 0. The molecule has 0 atom stereocenters. The highest BCUT2D eigenvalue weighted by molar-refractivity contribution is 5.99. The number of halogens is 2. The van der Waals surface area contributed by atoms with Crippen molar-refractivity contribution >= 4 is 17.6 Å². The Morgan fingerprint density at radius 3 is 2.65 bits per heavy atom. The molecule has 0 fully saturated rings. The van der Waals surface area contributed by atoms with Crippen molar-refractivity contribution in [1.82, 2.24) is 15.1 Å². The first-order valence-corrected chi connectivity index (χ1v) is 6.95. The molecule has 1 aromatic heterocycles. The average molecular weight is 322 g/mol. The van der Waals surface area contributed by atoms with Crippen molar-refractivity contribution in [3.8, 4) is 0 Å². The third-order valence-electron chi connectivity index (χ3n) is 3.01. The summed E-state index contributed by atoms with van der Waals surface area (Å²) < 4.78 is 27.9. The molecule has 0 radical (unpaired) electrons. The van der Waals surface area contributed by atoms with Crippen LogP contribution in [0.5, 0.6) is 0 Å². The summed E-state index contributed by atoms with van der Waals surface area (Å²) in [5.74, 6) is -2.55. The number of nitrogens with one attached hydrogen (secondary N) is 2. The van der Waals surface area contributed by atoms with Crippen LogP contribution in [0.3, 0.4) is 0 Å². The van der Waals surface area contributed by atoms with Gasteiger partial charge in [0.15, 0.2) is 0 Å². The predicted octanol–water partition coefficient (Wildman–Crippen LogP) is 2.11. The second-order valence-electron chi connectivity index (χ2n) is 5.11. The minimum atomic E-state index is -0.985. The number of anilines is 1. The smallest absolute Gasteiger partial charge is 0.254 e. The van der Waals surface area contributed by atoms with E-state index in [4.69, 9.17) is 0 Å². The second kappa shape index (κ2) is 6.99. The van der Waals surface area contributed by atoms with Gasteiger partial charge in [-0.2, -0.15) is 5.10 Å². The Morgan fingerprint density at radius 2 is 2.00 bits per heavy atom. The van der Waals surface area contributed by atoms with Crippen LogP contribution in [0.1, 0.15) is 30.2 Å². The predicted molar refractivity (Wildman–Crippen MR) is 79.9 cm³/mol. The summed E-state index contributed by atoms with van der Waals surface area (Å²) in [6.45, 7) is 3.46. The maximum Gasteiger partial charge on any atom is 0.254 e. The van der Waals surface area contributed by atoms with Crippen LogP contribution in [-0.4, -0.2) is 28.1 Å². The lowest BCUT2D eigenvalue weighted by molar-refractivity contribution is -0.115. The fraction of sp³-hybridized carbons (Fsp3) is 0.267. The fourth-order valence-corrected chi connectivity index (χ4v) is 1.94. The van der Waals surface area contributed by atoms with Crippen molar-refractivity contribution < 1.29 is 18.4 Å². The van der Waals surface area contributed by atoms with E-state index in [1.165, 1.54) is 0 Å². The molecular weight excluding hydrogens is 306 g/mol. The lowest BCUT2D eigenvalue weighted by Gasteiger charge is -2.12. The molecule has 6 nitrogen and oxygen atoms in total. The molecule has 0 saturated heterocycles. The van der Waals surface area contributed by atoms with Crippen molar-refractivity contribution in [1.29, 1.82) is 0 Å². The van der Waals surface area contributed by atoms with Gasteiger partial charge in [0.25, 0.3) is 5.91 Å². The summed E-state index contributed by atoms with van der Waals surface area (Å²) in [5, 5.41) is 8.93. The van der Waals surface area contributed by atoms with Gasteiger partial charge in [0.1, 0.15) is 17.5 Å². The Morgan fingerprint density at radius 1 is 1.26 bits per heavy atom. The average Bonchev–Trinajstić information content (AvgIpc) is 2.93. The van der Waals surface area contributed by atoms with Crippen LogP contribution >= 0.6 is 0 Å². The van der Waals surface area contributed by atoms with Gasteiger partial charge in [-0.15, -0.1) is 0 Å². The van der Waals surface area contributed by atoms with Gasteiger partial charge >= 0.3 is 0 Å². The highest BCUT2D eigenvalue weighted by Gasteiger charge is 2.14. The first kappa shape index (κ1) is 16.6. The molecule has 0 aliphatic rings. The van der Waals surface area contributed by atoms with Crippen LogP contribution in [0.2, 0.25) is 0 Å². The molecular formula is C15H16F2N4O2. The van der Waals surface area contributed by atoms with E-state index in [0.717, 1.165) is 12.1 Å². The number of benzene rings is 1. The molecule has 2 N–H and O–H groups in total.